The summed E-state index contributed by atoms with van der Waals surface area (Å²) in [6, 6.07) is 19.2. The molecule has 0 saturated carbocycles. The van der Waals surface area contributed by atoms with Gasteiger partial charge in [-0.1, -0.05) is 24.3 Å². The highest BCUT2D eigenvalue weighted by molar-refractivity contribution is 7.92. The van der Waals surface area contributed by atoms with Crippen LogP contribution in [-0.2, 0) is 10.0 Å². The van der Waals surface area contributed by atoms with E-state index >= 15 is 0 Å². The number of hydrogen-bond donors (Lipinski definition) is 3. The van der Waals surface area contributed by atoms with Crippen molar-refractivity contribution >= 4 is 44.4 Å². The fraction of sp³-hybridized carbons (Fsp3) is 0.0500. The van der Waals surface area contributed by atoms with Crippen LogP contribution < -0.4 is 15.4 Å². The van der Waals surface area contributed by atoms with Gasteiger partial charge in [0.25, 0.3) is 10.0 Å². The van der Waals surface area contributed by atoms with Gasteiger partial charge in [-0.2, -0.15) is 0 Å². The Morgan fingerprint density at radius 3 is 2.25 bits per heavy atom. The maximum absolute atomic E-state index is 13.2. The first kappa shape index (κ1) is 19.8. The lowest BCUT2D eigenvalue weighted by atomic mass is 10.2. The SMILES string of the molecule is Cc1ccccc1NS(=O)(=O)c1ccc(NC(=S)Nc2cccc(F)c2)cc1. The van der Waals surface area contributed by atoms with Gasteiger partial charge in [0.2, 0.25) is 0 Å². The molecule has 3 aromatic rings. The summed E-state index contributed by atoms with van der Waals surface area (Å²) in [5.74, 6) is -0.372. The maximum Gasteiger partial charge on any atom is 0.261 e. The van der Waals surface area contributed by atoms with Gasteiger partial charge in [0.1, 0.15) is 5.82 Å². The van der Waals surface area contributed by atoms with Gasteiger partial charge in [-0.15, -0.1) is 0 Å². The van der Waals surface area contributed by atoms with E-state index in [1.165, 1.54) is 24.3 Å². The molecule has 3 N–H and O–H groups in total. The van der Waals surface area contributed by atoms with Crippen LogP contribution in [0.4, 0.5) is 21.5 Å². The van der Waals surface area contributed by atoms with E-state index in [0.29, 0.717) is 17.1 Å². The summed E-state index contributed by atoms with van der Waals surface area (Å²) >= 11 is 5.19. The zero-order chi connectivity index (χ0) is 20.1. The van der Waals surface area contributed by atoms with Crippen LogP contribution in [0.5, 0.6) is 0 Å². The molecule has 0 atom stereocenters. The van der Waals surface area contributed by atoms with Gasteiger partial charge in [-0.3, -0.25) is 4.72 Å². The second-order valence-corrected chi connectivity index (χ2v) is 8.12. The van der Waals surface area contributed by atoms with Gasteiger partial charge >= 0.3 is 0 Å². The summed E-state index contributed by atoms with van der Waals surface area (Å²) < 4.78 is 40.9. The lowest BCUT2D eigenvalue weighted by Crippen LogP contribution is -2.19. The van der Waals surface area contributed by atoms with Crippen LogP contribution in [0.25, 0.3) is 0 Å². The topological polar surface area (TPSA) is 70.2 Å². The number of thiocarbonyl (C=S) groups is 1. The highest BCUT2D eigenvalue weighted by Crippen LogP contribution is 2.21. The number of aryl methyl sites for hydroxylation is 1. The molecule has 0 radical (unpaired) electrons. The van der Waals surface area contributed by atoms with Gasteiger partial charge in [0.05, 0.1) is 10.6 Å². The Labute approximate surface area is 168 Å². The van der Waals surface area contributed by atoms with Crippen molar-refractivity contribution in [2.75, 3.05) is 15.4 Å². The number of rotatable bonds is 5. The van der Waals surface area contributed by atoms with Gasteiger partial charge in [-0.05, 0) is 73.2 Å². The minimum absolute atomic E-state index is 0.130. The van der Waals surface area contributed by atoms with E-state index < -0.39 is 10.0 Å². The minimum Gasteiger partial charge on any atom is -0.332 e. The summed E-state index contributed by atoms with van der Waals surface area (Å²) in [7, 11) is -3.70. The summed E-state index contributed by atoms with van der Waals surface area (Å²) in [6.07, 6.45) is 0. The van der Waals surface area contributed by atoms with Crippen LogP contribution in [0.3, 0.4) is 0 Å². The van der Waals surface area contributed by atoms with Crippen LogP contribution in [0.15, 0.2) is 77.7 Å². The van der Waals surface area contributed by atoms with Crippen molar-refractivity contribution in [3.05, 3.63) is 84.2 Å². The normalized spacial score (nSPS) is 10.9. The van der Waals surface area contributed by atoms with E-state index in [9.17, 15) is 12.8 Å². The molecule has 0 fully saturated rings. The summed E-state index contributed by atoms with van der Waals surface area (Å²) in [6.45, 7) is 1.83. The van der Waals surface area contributed by atoms with E-state index in [4.69, 9.17) is 12.2 Å². The van der Waals surface area contributed by atoms with Crippen LogP contribution in [0.1, 0.15) is 5.56 Å². The highest BCUT2D eigenvalue weighted by atomic mass is 32.2. The quantitative estimate of drug-likeness (QED) is 0.525. The third-order valence-corrected chi connectivity index (χ3v) is 5.48. The van der Waals surface area contributed by atoms with Gasteiger partial charge in [-0.25, -0.2) is 12.8 Å². The fourth-order valence-electron chi connectivity index (χ4n) is 2.47. The smallest absolute Gasteiger partial charge is 0.261 e. The summed E-state index contributed by atoms with van der Waals surface area (Å²) in [4.78, 5) is 0.130. The first-order valence-corrected chi connectivity index (χ1v) is 10.2. The Kier molecular flexibility index (Phi) is 5.91. The number of nitrogens with one attached hydrogen (secondary N) is 3. The molecule has 0 aliphatic rings. The molecule has 0 aliphatic carbocycles. The highest BCUT2D eigenvalue weighted by Gasteiger charge is 2.15. The first-order valence-electron chi connectivity index (χ1n) is 8.35. The Morgan fingerprint density at radius 1 is 0.893 bits per heavy atom. The average molecular weight is 416 g/mol. The molecule has 8 heteroatoms. The Hall–Kier alpha value is -2.97. The molecule has 0 saturated heterocycles. The monoisotopic (exact) mass is 415 g/mol. The first-order chi connectivity index (χ1) is 13.3. The van der Waals surface area contributed by atoms with Crippen molar-refractivity contribution in [2.45, 2.75) is 11.8 Å². The molecule has 0 unspecified atom stereocenters. The molecule has 0 aliphatic heterocycles. The number of hydrogen-bond acceptors (Lipinski definition) is 3. The van der Waals surface area contributed by atoms with Crippen molar-refractivity contribution in [2.24, 2.45) is 0 Å². The van der Waals surface area contributed by atoms with Crippen LogP contribution in [0, 0.1) is 12.7 Å². The standard InChI is InChI=1S/C20H18FN3O2S2/c1-14-5-2-3-8-19(14)24-28(25,26)18-11-9-16(10-12-18)22-20(27)23-17-7-4-6-15(21)13-17/h2-13,24H,1H3,(H2,22,23,27). The molecule has 0 spiro atoms. The van der Waals surface area contributed by atoms with Crippen molar-refractivity contribution in [3.63, 3.8) is 0 Å². The molecule has 3 rings (SSSR count). The van der Waals surface area contributed by atoms with E-state index in [1.807, 2.05) is 19.1 Å². The molecule has 0 bridgehead atoms. The van der Waals surface area contributed by atoms with Gasteiger partial charge in [0, 0.05) is 11.4 Å². The lowest BCUT2D eigenvalue weighted by molar-refractivity contribution is 0.601. The molecule has 0 heterocycles. The van der Waals surface area contributed by atoms with Crippen molar-refractivity contribution in [1.29, 1.82) is 0 Å². The third kappa shape index (κ3) is 5.05. The van der Waals surface area contributed by atoms with Crippen molar-refractivity contribution in [1.82, 2.24) is 0 Å². The van der Waals surface area contributed by atoms with Crippen LogP contribution in [-0.4, -0.2) is 13.5 Å². The second-order valence-electron chi connectivity index (χ2n) is 6.03. The number of para-hydroxylation sites is 1. The minimum atomic E-state index is -3.70. The predicted molar refractivity (Wildman–Crippen MR) is 115 cm³/mol. The molecule has 28 heavy (non-hydrogen) atoms. The number of benzene rings is 3. The number of anilines is 3. The molecule has 144 valence electrons. The molecule has 5 nitrogen and oxygen atoms in total. The summed E-state index contributed by atoms with van der Waals surface area (Å²) in [5.41, 5.74) is 2.48. The largest absolute Gasteiger partial charge is 0.332 e. The van der Waals surface area contributed by atoms with Gasteiger partial charge in [0.15, 0.2) is 5.11 Å². The average Bonchev–Trinajstić information content (AvgIpc) is 2.64. The maximum atomic E-state index is 13.2. The summed E-state index contributed by atoms with van der Waals surface area (Å²) in [5, 5.41) is 6.06. The molecular formula is C20H18FN3O2S2. The van der Waals surface area contributed by atoms with Crippen molar-refractivity contribution in [3.8, 4) is 0 Å². The zero-order valence-electron chi connectivity index (χ0n) is 14.9. The Bertz CT molecular complexity index is 1100. The van der Waals surface area contributed by atoms with Crippen LogP contribution >= 0.6 is 12.2 Å². The molecular weight excluding hydrogens is 397 g/mol. The third-order valence-electron chi connectivity index (χ3n) is 3.89. The second kappa shape index (κ2) is 8.37. The van der Waals surface area contributed by atoms with Crippen LogP contribution in [0.2, 0.25) is 0 Å². The van der Waals surface area contributed by atoms with E-state index in [0.717, 1.165) is 5.56 Å². The van der Waals surface area contributed by atoms with E-state index in [2.05, 4.69) is 15.4 Å². The molecule has 3 aromatic carbocycles. The molecule has 0 amide bonds. The lowest BCUT2D eigenvalue weighted by Gasteiger charge is -2.12. The zero-order valence-corrected chi connectivity index (χ0v) is 16.6. The fourth-order valence-corrected chi connectivity index (χ4v) is 3.83. The number of halogens is 1. The van der Waals surface area contributed by atoms with Crippen molar-refractivity contribution < 1.29 is 12.8 Å². The number of sulfonamides is 1. The van der Waals surface area contributed by atoms with E-state index in [1.54, 1.807) is 36.4 Å². The Morgan fingerprint density at radius 2 is 1.57 bits per heavy atom. The predicted octanol–water partition coefficient (Wildman–Crippen LogP) is 4.74. The van der Waals surface area contributed by atoms with E-state index in [-0.39, 0.29) is 15.8 Å². The van der Waals surface area contributed by atoms with Gasteiger partial charge < -0.3 is 10.6 Å². The Balaban J connectivity index is 1.67. The molecule has 0 aromatic heterocycles.